The third-order valence-corrected chi connectivity index (χ3v) is 4.03. The molecule has 0 atom stereocenters. The quantitative estimate of drug-likeness (QED) is 0.891. The third kappa shape index (κ3) is 2.88. The maximum Gasteiger partial charge on any atom is 0.253 e. The van der Waals surface area contributed by atoms with E-state index < -0.39 is 10.0 Å². The van der Waals surface area contributed by atoms with Gasteiger partial charge in [0.2, 0.25) is 10.0 Å². The average molecular weight is 270 g/mol. The van der Waals surface area contributed by atoms with E-state index in [0.717, 1.165) is 5.56 Å². The molecule has 1 amide bonds. The van der Waals surface area contributed by atoms with Gasteiger partial charge in [0.05, 0.1) is 4.90 Å². The summed E-state index contributed by atoms with van der Waals surface area (Å²) in [6.07, 6.45) is 0. The summed E-state index contributed by atoms with van der Waals surface area (Å²) in [7, 11) is -2.15. The van der Waals surface area contributed by atoms with Gasteiger partial charge in [0.1, 0.15) is 0 Å². The van der Waals surface area contributed by atoms with Gasteiger partial charge in [-0.3, -0.25) is 4.79 Å². The molecule has 0 saturated heterocycles. The highest BCUT2D eigenvalue weighted by molar-refractivity contribution is 7.89. The molecule has 0 fully saturated rings. The highest BCUT2D eigenvalue weighted by Crippen LogP contribution is 2.20. The summed E-state index contributed by atoms with van der Waals surface area (Å²) >= 11 is 0. The molecule has 0 aliphatic heterocycles. The van der Waals surface area contributed by atoms with Crippen molar-refractivity contribution in [3.05, 3.63) is 28.8 Å². The fraction of sp³-hybridized carbons (Fsp3) is 0.417. The minimum Gasteiger partial charge on any atom is -0.342 e. The number of sulfonamides is 1. The Morgan fingerprint density at radius 2 is 1.89 bits per heavy atom. The number of aryl methyl sites for hydroxylation is 1. The van der Waals surface area contributed by atoms with Gasteiger partial charge in [-0.2, -0.15) is 0 Å². The van der Waals surface area contributed by atoms with Crippen LogP contribution in [0.25, 0.3) is 0 Å². The largest absolute Gasteiger partial charge is 0.342 e. The molecule has 0 bridgehead atoms. The van der Waals surface area contributed by atoms with E-state index in [9.17, 15) is 13.2 Å². The van der Waals surface area contributed by atoms with E-state index in [1.807, 2.05) is 6.92 Å². The predicted octanol–water partition coefficient (Wildman–Crippen LogP) is 1.04. The standard InChI is InChI=1S/C12H18N2O3S/c1-5-14(4)12(15)10-6-8(2)9(3)11(7-10)18(13,16)17/h6-7H,5H2,1-4H3,(H2,13,16,17). The molecule has 100 valence electrons. The first kappa shape index (κ1) is 14.7. The lowest BCUT2D eigenvalue weighted by Gasteiger charge is -2.16. The summed E-state index contributed by atoms with van der Waals surface area (Å²) in [5, 5.41) is 5.15. The Kier molecular flexibility index (Phi) is 4.13. The second-order valence-electron chi connectivity index (χ2n) is 4.28. The highest BCUT2D eigenvalue weighted by atomic mass is 32.2. The van der Waals surface area contributed by atoms with Crippen LogP contribution in [-0.2, 0) is 10.0 Å². The molecule has 0 spiro atoms. The fourth-order valence-corrected chi connectivity index (χ4v) is 2.49. The van der Waals surface area contributed by atoms with Gasteiger partial charge in [0.25, 0.3) is 5.91 Å². The van der Waals surface area contributed by atoms with Crippen LogP contribution in [0.4, 0.5) is 0 Å². The van der Waals surface area contributed by atoms with Crippen LogP contribution in [0.15, 0.2) is 17.0 Å². The van der Waals surface area contributed by atoms with Crippen molar-refractivity contribution in [2.45, 2.75) is 25.7 Å². The van der Waals surface area contributed by atoms with E-state index in [4.69, 9.17) is 5.14 Å². The molecule has 1 aromatic rings. The van der Waals surface area contributed by atoms with Crippen molar-refractivity contribution in [1.82, 2.24) is 4.90 Å². The lowest BCUT2D eigenvalue weighted by Crippen LogP contribution is -2.27. The summed E-state index contributed by atoms with van der Waals surface area (Å²) in [5.74, 6) is -0.217. The van der Waals surface area contributed by atoms with Crippen LogP contribution < -0.4 is 5.14 Å². The SMILES string of the molecule is CCN(C)C(=O)c1cc(C)c(C)c(S(N)(=O)=O)c1. The van der Waals surface area contributed by atoms with Gasteiger partial charge >= 0.3 is 0 Å². The molecule has 0 saturated carbocycles. The zero-order chi connectivity index (χ0) is 14.1. The first-order chi connectivity index (χ1) is 8.18. The van der Waals surface area contributed by atoms with Gasteiger partial charge in [-0.15, -0.1) is 0 Å². The van der Waals surface area contributed by atoms with E-state index in [1.54, 1.807) is 27.0 Å². The number of carbonyl (C=O) groups is 1. The number of benzene rings is 1. The number of nitrogens with two attached hydrogens (primary N) is 1. The molecule has 0 aromatic heterocycles. The monoisotopic (exact) mass is 270 g/mol. The molecule has 0 radical (unpaired) electrons. The van der Waals surface area contributed by atoms with Crippen molar-refractivity contribution < 1.29 is 13.2 Å². The molecule has 6 heteroatoms. The summed E-state index contributed by atoms with van der Waals surface area (Å²) in [6, 6.07) is 3.02. The van der Waals surface area contributed by atoms with Crippen molar-refractivity contribution in [2.75, 3.05) is 13.6 Å². The van der Waals surface area contributed by atoms with Gasteiger partial charge in [0, 0.05) is 19.2 Å². The number of amides is 1. The van der Waals surface area contributed by atoms with Crippen LogP contribution in [0, 0.1) is 13.8 Å². The Bertz CT molecular complexity index is 579. The number of rotatable bonds is 3. The smallest absolute Gasteiger partial charge is 0.253 e. The maximum absolute atomic E-state index is 12.0. The van der Waals surface area contributed by atoms with Crippen LogP contribution in [0.1, 0.15) is 28.4 Å². The van der Waals surface area contributed by atoms with Crippen molar-refractivity contribution in [3.63, 3.8) is 0 Å². The zero-order valence-electron chi connectivity index (χ0n) is 11.0. The number of primary sulfonamides is 1. The Labute approximate surface area is 108 Å². The molecule has 18 heavy (non-hydrogen) atoms. The van der Waals surface area contributed by atoms with Gasteiger partial charge in [0.15, 0.2) is 0 Å². The number of nitrogens with zero attached hydrogens (tertiary/aromatic N) is 1. The van der Waals surface area contributed by atoms with Crippen molar-refractivity contribution >= 4 is 15.9 Å². The van der Waals surface area contributed by atoms with E-state index in [2.05, 4.69) is 0 Å². The molecule has 2 N–H and O–H groups in total. The topological polar surface area (TPSA) is 80.5 Å². The predicted molar refractivity (Wildman–Crippen MR) is 69.9 cm³/mol. The minimum atomic E-state index is -3.82. The molecule has 1 aromatic carbocycles. The first-order valence-corrected chi connectivity index (χ1v) is 7.12. The van der Waals surface area contributed by atoms with E-state index in [0.29, 0.717) is 17.7 Å². The lowest BCUT2D eigenvalue weighted by molar-refractivity contribution is 0.0802. The minimum absolute atomic E-state index is 0.00959. The summed E-state index contributed by atoms with van der Waals surface area (Å²) in [6.45, 7) is 5.83. The van der Waals surface area contributed by atoms with Crippen molar-refractivity contribution in [1.29, 1.82) is 0 Å². The van der Waals surface area contributed by atoms with Gasteiger partial charge in [-0.1, -0.05) is 0 Å². The Hall–Kier alpha value is -1.40. The Morgan fingerprint density at radius 1 is 1.33 bits per heavy atom. The molecule has 0 aliphatic rings. The van der Waals surface area contributed by atoms with E-state index in [-0.39, 0.29) is 10.8 Å². The van der Waals surface area contributed by atoms with Crippen LogP contribution >= 0.6 is 0 Å². The average Bonchev–Trinajstić information content (AvgIpc) is 2.28. The zero-order valence-corrected chi connectivity index (χ0v) is 11.8. The Balaban J connectivity index is 3.43. The highest BCUT2D eigenvalue weighted by Gasteiger charge is 2.18. The molecule has 0 aliphatic carbocycles. The van der Waals surface area contributed by atoms with Crippen LogP contribution in [0.2, 0.25) is 0 Å². The van der Waals surface area contributed by atoms with E-state index >= 15 is 0 Å². The molecule has 1 rings (SSSR count). The van der Waals surface area contributed by atoms with E-state index in [1.165, 1.54) is 11.0 Å². The second kappa shape index (κ2) is 5.07. The number of hydrogen-bond donors (Lipinski definition) is 1. The first-order valence-electron chi connectivity index (χ1n) is 5.58. The molecular weight excluding hydrogens is 252 g/mol. The maximum atomic E-state index is 12.0. The molecular formula is C12H18N2O3S. The van der Waals surface area contributed by atoms with Crippen LogP contribution in [-0.4, -0.2) is 32.8 Å². The second-order valence-corrected chi connectivity index (χ2v) is 5.81. The van der Waals surface area contributed by atoms with Crippen LogP contribution in [0.5, 0.6) is 0 Å². The van der Waals surface area contributed by atoms with Gasteiger partial charge in [-0.05, 0) is 44.0 Å². The van der Waals surface area contributed by atoms with Crippen LogP contribution in [0.3, 0.4) is 0 Å². The fourth-order valence-electron chi connectivity index (χ4n) is 1.61. The lowest BCUT2D eigenvalue weighted by atomic mass is 10.1. The number of hydrogen-bond acceptors (Lipinski definition) is 3. The van der Waals surface area contributed by atoms with Crippen molar-refractivity contribution in [2.24, 2.45) is 5.14 Å². The summed E-state index contributed by atoms with van der Waals surface area (Å²) in [5.41, 5.74) is 1.65. The third-order valence-electron chi connectivity index (χ3n) is 2.99. The van der Waals surface area contributed by atoms with Gasteiger partial charge in [-0.25, -0.2) is 13.6 Å². The Morgan fingerprint density at radius 3 is 2.33 bits per heavy atom. The van der Waals surface area contributed by atoms with Crippen molar-refractivity contribution in [3.8, 4) is 0 Å². The molecule has 0 heterocycles. The molecule has 0 unspecified atom stereocenters. The summed E-state index contributed by atoms with van der Waals surface area (Å²) in [4.78, 5) is 13.5. The van der Waals surface area contributed by atoms with Gasteiger partial charge < -0.3 is 4.90 Å². The molecule has 5 nitrogen and oxygen atoms in total. The normalized spacial score (nSPS) is 11.4. The summed E-state index contributed by atoms with van der Waals surface area (Å²) < 4.78 is 22.9. The number of carbonyl (C=O) groups excluding carboxylic acids is 1.